The maximum Gasteiger partial charge on any atom is 0.255 e. The molecule has 0 fully saturated rings. The Morgan fingerprint density at radius 3 is 2.53 bits per heavy atom. The molecular weight excluding hydrogens is 426 g/mol. The lowest BCUT2D eigenvalue weighted by molar-refractivity contribution is 0.102. The van der Waals surface area contributed by atoms with Crippen LogP contribution in [0.1, 0.15) is 44.1 Å². The van der Waals surface area contributed by atoms with Gasteiger partial charge in [-0.05, 0) is 38.1 Å². The SMILES string of the molecule is CCN(CC)S(=O)(=O)c1cc(C(=O)Nc2cnc3c(cnn3C(C)C)c2)ccc1Cl. The number of nitrogens with one attached hydrogen (secondary N) is 1. The summed E-state index contributed by atoms with van der Waals surface area (Å²) in [6.45, 7) is 8.12. The lowest BCUT2D eigenvalue weighted by atomic mass is 10.2. The normalized spacial score (nSPS) is 12.1. The first-order valence-electron chi connectivity index (χ1n) is 9.63. The van der Waals surface area contributed by atoms with E-state index < -0.39 is 15.9 Å². The molecular formula is C20H24ClN5O3S. The Labute approximate surface area is 180 Å². The van der Waals surface area contributed by atoms with Crippen LogP contribution in [-0.2, 0) is 10.0 Å². The van der Waals surface area contributed by atoms with Crippen molar-refractivity contribution < 1.29 is 13.2 Å². The van der Waals surface area contributed by atoms with Crippen molar-refractivity contribution >= 4 is 44.3 Å². The first kappa shape index (κ1) is 22.2. The van der Waals surface area contributed by atoms with Crippen LogP contribution in [0.5, 0.6) is 0 Å². The molecule has 0 unspecified atom stereocenters. The zero-order valence-corrected chi connectivity index (χ0v) is 18.8. The molecule has 0 aliphatic heterocycles. The standard InChI is InChI=1S/C20H24ClN5O3S/c1-5-25(6-2)30(28,29)18-10-14(7-8-17(18)21)20(27)24-16-9-15-11-23-26(13(3)4)19(15)22-12-16/h7-13H,5-6H2,1-4H3,(H,24,27). The number of halogens is 1. The van der Waals surface area contributed by atoms with Gasteiger partial charge in [0.15, 0.2) is 5.65 Å². The number of hydrogen-bond donors (Lipinski definition) is 1. The number of fused-ring (bicyclic) bond motifs is 1. The van der Waals surface area contributed by atoms with Gasteiger partial charge >= 0.3 is 0 Å². The van der Waals surface area contributed by atoms with Gasteiger partial charge in [-0.2, -0.15) is 9.40 Å². The first-order valence-corrected chi connectivity index (χ1v) is 11.4. The minimum atomic E-state index is -3.80. The number of amides is 1. The largest absolute Gasteiger partial charge is 0.321 e. The van der Waals surface area contributed by atoms with E-state index in [0.717, 1.165) is 11.0 Å². The van der Waals surface area contributed by atoms with Crippen LogP contribution < -0.4 is 5.32 Å². The molecule has 0 saturated carbocycles. The van der Waals surface area contributed by atoms with Gasteiger partial charge in [0.1, 0.15) is 4.90 Å². The van der Waals surface area contributed by atoms with E-state index in [1.165, 1.54) is 22.5 Å². The zero-order chi connectivity index (χ0) is 22.1. The number of anilines is 1. The number of carbonyl (C=O) groups is 1. The topological polar surface area (TPSA) is 97.2 Å². The van der Waals surface area contributed by atoms with Gasteiger partial charge in [0.2, 0.25) is 10.0 Å². The van der Waals surface area contributed by atoms with Gasteiger partial charge in [-0.3, -0.25) is 4.79 Å². The Morgan fingerprint density at radius 2 is 1.90 bits per heavy atom. The van der Waals surface area contributed by atoms with Crippen LogP contribution in [0.15, 0.2) is 41.6 Å². The number of pyridine rings is 1. The van der Waals surface area contributed by atoms with E-state index in [2.05, 4.69) is 15.4 Å². The van der Waals surface area contributed by atoms with Gasteiger partial charge in [0.05, 0.1) is 23.1 Å². The molecule has 30 heavy (non-hydrogen) atoms. The van der Waals surface area contributed by atoms with Crippen LogP contribution in [0.25, 0.3) is 11.0 Å². The van der Waals surface area contributed by atoms with Gasteiger partial charge in [-0.15, -0.1) is 0 Å². The van der Waals surface area contributed by atoms with Gasteiger partial charge in [-0.25, -0.2) is 18.1 Å². The average molecular weight is 450 g/mol. The summed E-state index contributed by atoms with van der Waals surface area (Å²) in [5, 5.41) is 7.93. The van der Waals surface area contributed by atoms with E-state index in [4.69, 9.17) is 11.6 Å². The molecule has 3 rings (SSSR count). The maximum absolute atomic E-state index is 12.8. The van der Waals surface area contributed by atoms with Crippen molar-refractivity contribution in [1.29, 1.82) is 0 Å². The molecule has 0 aliphatic carbocycles. The summed E-state index contributed by atoms with van der Waals surface area (Å²) in [5.74, 6) is -0.458. The fraction of sp³-hybridized carbons (Fsp3) is 0.350. The highest BCUT2D eigenvalue weighted by Crippen LogP contribution is 2.26. The Balaban J connectivity index is 1.90. The van der Waals surface area contributed by atoms with Crippen molar-refractivity contribution in [1.82, 2.24) is 19.1 Å². The highest BCUT2D eigenvalue weighted by molar-refractivity contribution is 7.89. The third-order valence-corrected chi connectivity index (χ3v) is 7.23. The molecule has 0 bridgehead atoms. The molecule has 3 aromatic rings. The third-order valence-electron chi connectivity index (χ3n) is 4.70. The molecule has 1 N–H and O–H groups in total. The second-order valence-electron chi connectivity index (χ2n) is 7.01. The first-order chi connectivity index (χ1) is 14.2. The minimum Gasteiger partial charge on any atom is -0.321 e. The lowest BCUT2D eigenvalue weighted by Gasteiger charge is -2.19. The van der Waals surface area contributed by atoms with Crippen molar-refractivity contribution in [2.75, 3.05) is 18.4 Å². The minimum absolute atomic E-state index is 0.0719. The van der Waals surface area contributed by atoms with Gasteiger partial charge < -0.3 is 5.32 Å². The van der Waals surface area contributed by atoms with Crippen LogP contribution in [0, 0.1) is 0 Å². The summed E-state index contributed by atoms with van der Waals surface area (Å²) in [6, 6.07) is 6.14. The smallest absolute Gasteiger partial charge is 0.255 e. The van der Waals surface area contributed by atoms with E-state index in [1.807, 2.05) is 13.8 Å². The van der Waals surface area contributed by atoms with Crippen LogP contribution >= 0.6 is 11.6 Å². The van der Waals surface area contributed by atoms with Crippen molar-refractivity contribution in [3.8, 4) is 0 Å². The molecule has 0 radical (unpaired) electrons. The summed E-state index contributed by atoms with van der Waals surface area (Å²) >= 11 is 6.14. The highest BCUT2D eigenvalue weighted by Gasteiger charge is 2.25. The molecule has 2 heterocycles. The lowest BCUT2D eigenvalue weighted by Crippen LogP contribution is -2.31. The number of carbonyl (C=O) groups excluding carboxylic acids is 1. The number of rotatable bonds is 7. The Bertz CT molecular complexity index is 1190. The fourth-order valence-corrected chi connectivity index (χ4v) is 5.09. The average Bonchev–Trinajstić information content (AvgIpc) is 3.12. The Hall–Kier alpha value is -2.49. The summed E-state index contributed by atoms with van der Waals surface area (Å²) in [7, 11) is -3.80. The molecule has 0 aliphatic rings. The molecule has 0 spiro atoms. The van der Waals surface area contributed by atoms with Gasteiger partial charge in [0, 0.05) is 30.1 Å². The fourth-order valence-electron chi connectivity index (χ4n) is 3.13. The van der Waals surface area contributed by atoms with Crippen molar-refractivity contribution in [3.05, 3.63) is 47.2 Å². The van der Waals surface area contributed by atoms with Crippen molar-refractivity contribution in [2.24, 2.45) is 0 Å². The second kappa shape index (κ2) is 8.71. The predicted octanol–water partition coefficient (Wildman–Crippen LogP) is 3.95. The number of sulfonamides is 1. The number of aromatic nitrogens is 3. The molecule has 10 heteroatoms. The van der Waals surface area contributed by atoms with Crippen molar-refractivity contribution in [2.45, 2.75) is 38.6 Å². The Morgan fingerprint density at radius 1 is 1.20 bits per heavy atom. The molecule has 1 aromatic carbocycles. The molecule has 2 aromatic heterocycles. The molecule has 160 valence electrons. The van der Waals surface area contributed by atoms with E-state index >= 15 is 0 Å². The monoisotopic (exact) mass is 449 g/mol. The molecule has 1 amide bonds. The van der Waals surface area contributed by atoms with Crippen molar-refractivity contribution in [3.63, 3.8) is 0 Å². The maximum atomic E-state index is 12.8. The molecule has 8 nitrogen and oxygen atoms in total. The number of nitrogens with zero attached hydrogens (tertiary/aromatic N) is 4. The highest BCUT2D eigenvalue weighted by atomic mass is 35.5. The second-order valence-corrected chi connectivity index (χ2v) is 9.32. The van der Waals surface area contributed by atoms with E-state index in [-0.39, 0.29) is 21.5 Å². The number of benzene rings is 1. The zero-order valence-electron chi connectivity index (χ0n) is 17.3. The summed E-state index contributed by atoms with van der Waals surface area (Å²) in [6.07, 6.45) is 3.24. The van der Waals surface area contributed by atoms with Gasteiger partial charge in [0.25, 0.3) is 5.91 Å². The van der Waals surface area contributed by atoms with E-state index in [0.29, 0.717) is 18.8 Å². The Kier molecular flexibility index (Phi) is 6.44. The molecule has 0 saturated heterocycles. The quantitative estimate of drug-likeness (QED) is 0.589. The third kappa shape index (κ3) is 4.19. The van der Waals surface area contributed by atoms with Gasteiger partial charge in [-0.1, -0.05) is 25.4 Å². The number of hydrogen-bond acceptors (Lipinski definition) is 5. The van der Waals surface area contributed by atoms with E-state index in [1.54, 1.807) is 37.0 Å². The summed E-state index contributed by atoms with van der Waals surface area (Å²) in [4.78, 5) is 17.0. The van der Waals surface area contributed by atoms with Crippen LogP contribution in [0.3, 0.4) is 0 Å². The van der Waals surface area contributed by atoms with Crippen LogP contribution in [0.4, 0.5) is 5.69 Å². The van der Waals surface area contributed by atoms with Crippen LogP contribution in [0.2, 0.25) is 5.02 Å². The summed E-state index contributed by atoms with van der Waals surface area (Å²) < 4.78 is 28.8. The summed E-state index contributed by atoms with van der Waals surface area (Å²) in [5.41, 5.74) is 1.39. The van der Waals surface area contributed by atoms with E-state index in [9.17, 15) is 13.2 Å². The van der Waals surface area contributed by atoms with Crippen LogP contribution in [-0.4, -0.2) is 46.5 Å². The predicted molar refractivity (Wildman–Crippen MR) is 117 cm³/mol. The molecule has 0 atom stereocenters.